The van der Waals surface area contributed by atoms with Gasteiger partial charge in [0.25, 0.3) is 0 Å². The van der Waals surface area contributed by atoms with Gasteiger partial charge in [0.1, 0.15) is 11.6 Å². The SMILES string of the molecule is CCC(C)N(C)CCNc1cc(C(F)(F)F)cc(N)n1. The molecule has 0 saturated heterocycles. The average Bonchev–Trinajstić information content (AvgIpc) is 2.36. The minimum Gasteiger partial charge on any atom is -0.384 e. The maximum Gasteiger partial charge on any atom is 0.416 e. The van der Waals surface area contributed by atoms with Gasteiger partial charge in [0.05, 0.1) is 5.56 Å². The molecule has 1 rings (SSSR count). The standard InChI is InChI=1S/C13H21F3N4/c1-4-9(2)20(3)6-5-18-12-8-10(13(14,15)16)7-11(17)19-12/h7-9H,4-6H2,1-3H3,(H3,17,18,19). The van der Waals surface area contributed by atoms with Gasteiger partial charge in [-0.05, 0) is 32.5 Å². The van der Waals surface area contributed by atoms with E-state index in [2.05, 4.69) is 29.0 Å². The van der Waals surface area contributed by atoms with Crippen molar-refractivity contribution in [3.8, 4) is 0 Å². The maximum atomic E-state index is 12.6. The smallest absolute Gasteiger partial charge is 0.384 e. The molecule has 1 heterocycles. The average molecular weight is 290 g/mol. The number of nitrogen functional groups attached to an aromatic ring is 1. The molecular formula is C13H21F3N4. The van der Waals surface area contributed by atoms with Crippen LogP contribution in [-0.2, 0) is 6.18 Å². The highest BCUT2D eigenvalue weighted by Crippen LogP contribution is 2.31. The highest BCUT2D eigenvalue weighted by Gasteiger charge is 2.31. The Morgan fingerprint density at radius 1 is 1.40 bits per heavy atom. The largest absolute Gasteiger partial charge is 0.416 e. The van der Waals surface area contributed by atoms with E-state index in [-0.39, 0.29) is 11.6 Å². The lowest BCUT2D eigenvalue weighted by Gasteiger charge is -2.23. The number of nitrogens with zero attached hydrogens (tertiary/aromatic N) is 2. The van der Waals surface area contributed by atoms with Crippen LogP contribution in [0.25, 0.3) is 0 Å². The van der Waals surface area contributed by atoms with Crippen molar-refractivity contribution in [2.45, 2.75) is 32.5 Å². The molecule has 1 unspecified atom stereocenters. The number of nitrogens with one attached hydrogen (secondary N) is 1. The number of anilines is 2. The molecule has 0 radical (unpaired) electrons. The molecular weight excluding hydrogens is 269 g/mol. The van der Waals surface area contributed by atoms with E-state index in [9.17, 15) is 13.2 Å². The van der Waals surface area contributed by atoms with Gasteiger partial charge >= 0.3 is 6.18 Å². The molecule has 0 saturated carbocycles. The van der Waals surface area contributed by atoms with Crippen molar-refractivity contribution in [1.29, 1.82) is 0 Å². The topological polar surface area (TPSA) is 54.2 Å². The molecule has 114 valence electrons. The molecule has 4 nitrogen and oxygen atoms in total. The number of alkyl halides is 3. The molecule has 0 amide bonds. The minimum absolute atomic E-state index is 0.141. The van der Waals surface area contributed by atoms with Crippen LogP contribution in [0.3, 0.4) is 0 Å². The van der Waals surface area contributed by atoms with E-state index in [1.807, 2.05) is 7.05 Å². The van der Waals surface area contributed by atoms with Gasteiger partial charge in [0.15, 0.2) is 0 Å². The zero-order valence-electron chi connectivity index (χ0n) is 12.0. The van der Waals surface area contributed by atoms with Crippen LogP contribution in [-0.4, -0.2) is 36.1 Å². The molecule has 1 aromatic rings. The Morgan fingerprint density at radius 3 is 2.60 bits per heavy atom. The van der Waals surface area contributed by atoms with Gasteiger partial charge in [-0.25, -0.2) is 4.98 Å². The highest BCUT2D eigenvalue weighted by molar-refractivity contribution is 5.47. The summed E-state index contributed by atoms with van der Waals surface area (Å²) in [6.07, 6.45) is -3.40. The van der Waals surface area contributed by atoms with Crippen LogP contribution in [0.5, 0.6) is 0 Å². The summed E-state index contributed by atoms with van der Waals surface area (Å²) >= 11 is 0. The number of aromatic nitrogens is 1. The molecule has 0 aliphatic rings. The van der Waals surface area contributed by atoms with Gasteiger partial charge in [0.2, 0.25) is 0 Å². The van der Waals surface area contributed by atoms with Crippen molar-refractivity contribution in [3.05, 3.63) is 17.7 Å². The minimum atomic E-state index is -4.42. The molecule has 1 atom stereocenters. The lowest BCUT2D eigenvalue weighted by atomic mass is 10.2. The number of rotatable bonds is 6. The quantitative estimate of drug-likeness (QED) is 0.846. The van der Waals surface area contributed by atoms with Gasteiger partial charge in [0, 0.05) is 19.1 Å². The van der Waals surface area contributed by atoms with Crippen LogP contribution in [0.1, 0.15) is 25.8 Å². The fourth-order valence-corrected chi connectivity index (χ4v) is 1.70. The van der Waals surface area contributed by atoms with E-state index < -0.39 is 11.7 Å². The zero-order valence-corrected chi connectivity index (χ0v) is 12.0. The summed E-state index contributed by atoms with van der Waals surface area (Å²) in [6, 6.07) is 2.23. The number of hydrogen-bond acceptors (Lipinski definition) is 4. The van der Waals surface area contributed by atoms with E-state index in [4.69, 9.17) is 5.73 Å². The third kappa shape index (κ3) is 4.88. The summed E-state index contributed by atoms with van der Waals surface area (Å²) < 4.78 is 37.9. The number of likely N-dealkylation sites (N-methyl/N-ethyl adjacent to an activating group) is 1. The van der Waals surface area contributed by atoms with Crippen molar-refractivity contribution in [2.75, 3.05) is 31.2 Å². The Bertz CT molecular complexity index is 434. The van der Waals surface area contributed by atoms with Gasteiger partial charge in [-0.2, -0.15) is 13.2 Å². The Morgan fingerprint density at radius 2 is 2.05 bits per heavy atom. The number of halogens is 3. The number of hydrogen-bond donors (Lipinski definition) is 2. The Labute approximate surface area is 117 Å². The summed E-state index contributed by atoms with van der Waals surface area (Å²) in [4.78, 5) is 5.99. The van der Waals surface area contributed by atoms with E-state index in [1.54, 1.807) is 0 Å². The molecule has 7 heteroatoms. The predicted molar refractivity (Wildman–Crippen MR) is 74.5 cm³/mol. The fraction of sp³-hybridized carbons (Fsp3) is 0.615. The molecule has 1 aromatic heterocycles. The van der Waals surface area contributed by atoms with Crippen molar-refractivity contribution in [1.82, 2.24) is 9.88 Å². The van der Waals surface area contributed by atoms with Crippen molar-refractivity contribution in [2.24, 2.45) is 0 Å². The molecule has 0 bridgehead atoms. The summed E-state index contributed by atoms with van der Waals surface area (Å²) in [5, 5.41) is 2.88. The molecule has 0 fully saturated rings. The monoisotopic (exact) mass is 290 g/mol. The third-order valence-electron chi connectivity index (χ3n) is 3.29. The highest BCUT2D eigenvalue weighted by atomic mass is 19.4. The second-order valence-electron chi connectivity index (χ2n) is 4.83. The van der Waals surface area contributed by atoms with Crippen LogP contribution >= 0.6 is 0 Å². The molecule has 3 N–H and O–H groups in total. The van der Waals surface area contributed by atoms with Crippen molar-refractivity contribution >= 4 is 11.6 Å². The summed E-state index contributed by atoms with van der Waals surface area (Å²) in [6.45, 7) is 5.41. The Kier molecular flexibility index (Phi) is 5.62. The first-order valence-electron chi connectivity index (χ1n) is 6.53. The predicted octanol–water partition coefficient (Wildman–Crippen LogP) is 2.82. The first-order chi connectivity index (χ1) is 9.24. The maximum absolute atomic E-state index is 12.6. The number of pyridine rings is 1. The van der Waals surface area contributed by atoms with E-state index in [0.717, 1.165) is 18.6 Å². The Hall–Kier alpha value is -1.50. The van der Waals surface area contributed by atoms with Crippen LogP contribution in [0.2, 0.25) is 0 Å². The molecule has 0 aromatic carbocycles. The first kappa shape index (κ1) is 16.6. The van der Waals surface area contributed by atoms with Crippen molar-refractivity contribution < 1.29 is 13.2 Å². The van der Waals surface area contributed by atoms with Crippen LogP contribution in [0, 0.1) is 0 Å². The van der Waals surface area contributed by atoms with E-state index in [0.29, 0.717) is 19.1 Å². The molecule has 20 heavy (non-hydrogen) atoms. The molecule has 0 aliphatic heterocycles. The van der Waals surface area contributed by atoms with E-state index >= 15 is 0 Å². The van der Waals surface area contributed by atoms with Gasteiger partial charge in [-0.1, -0.05) is 6.92 Å². The normalized spacial score (nSPS) is 13.6. The van der Waals surface area contributed by atoms with Crippen LogP contribution < -0.4 is 11.1 Å². The summed E-state index contributed by atoms with van der Waals surface area (Å²) in [7, 11) is 1.98. The second kappa shape index (κ2) is 6.78. The lowest BCUT2D eigenvalue weighted by Crippen LogP contribution is -2.32. The van der Waals surface area contributed by atoms with Gasteiger partial charge in [-0.15, -0.1) is 0 Å². The van der Waals surface area contributed by atoms with E-state index in [1.165, 1.54) is 0 Å². The lowest BCUT2D eigenvalue weighted by molar-refractivity contribution is -0.137. The van der Waals surface area contributed by atoms with Crippen LogP contribution in [0.15, 0.2) is 12.1 Å². The fourth-order valence-electron chi connectivity index (χ4n) is 1.70. The molecule has 0 aliphatic carbocycles. The van der Waals surface area contributed by atoms with Gasteiger partial charge < -0.3 is 16.0 Å². The number of nitrogens with two attached hydrogens (primary N) is 1. The van der Waals surface area contributed by atoms with Gasteiger partial charge in [-0.3, -0.25) is 0 Å². The first-order valence-corrected chi connectivity index (χ1v) is 6.53. The summed E-state index contributed by atoms with van der Waals surface area (Å²) in [5.74, 6) is 0.00693. The third-order valence-corrected chi connectivity index (χ3v) is 3.29. The Balaban J connectivity index is 2.63. The summed E-state index contributed by atoms with van der Waals surface area (Å²) in [5.41, 5.74) is 4.61. The zero-order chi connectivity index (χ0) is 15.3. The van der Waals surface area contributed by atoms with Crippen molar-refractivity contribution in [3.63, 3.8) is 0 Å². The van der Waals surface area contributed by atoms with Crippen LogP contribution in [0.4, 0.5) is 24.8 Å². The molecule has 0 spiro atoms. The second-order valence-corrected chi connectivity index (χ2v) is 4.83.